The van der Waals surface area contributed by atoms with E-state index in [1.165, 1.54) is 19.3 Å². The van der Waals surface area contributed by atoms with Crippen molar-refractivity contribution < 1.29 is 0 Å². The fraction of sp³-hybridized carbons (Fsp3) is 0.875. The van der Waals surface area contributed by atoms with Crippen LogP contribution in [0, 0.1) is 17.8 Å². The molecule has 114 valence electrons. The Balaban J connectivity index is 1.99. The van der Waals surface area contributed by atoms with Gasteiger partial charge in [0.25, 0.3) is 0 Å². The van der Waals surface area contributed by atoms with Gasteiger partial charge in [-0.25, -0.2) is 4.98 Å². The van der Waals surface area contributed by atoms with Gasteiger partial charge in [0.2, 0.25) is 0 Å². The first-order valence-corrected chi connectivity index (χ1v) is 7.93. The second-order valence-corrected chi connectivity index (χ2v) is 7.57. The van der Waals surface area contributed by atoms with Gasteiger partial charge in [0.15, 0.2) is 0 Å². The molecule has 1 aromatic heterocycles. The lowest BCUT2D eigenvalue weighted by Gasteiger charge is -2.36. The molecule has 1 fully saturated rings. The highest BCUT2D eigenvalue weighted by Crippen LogP contribution is 2.35. The van der Waals surface area contributed by atoms with E-state index >= 15 is 0 Å². The number of aromatic nitrogens is 3. The highest BCUT2D eigenvalue weighted by atomic mass is 15.3. The van der Waals surface area contributed by atoms with E-state index in [0.29, 0.717) is 0 Å². The zero-order valence-corrected chi connectivity index (χ0v) is 13.7. The topological polar surface area (TPSA) is 42.7 Å². The standard InChI is InChI=1S/C16H30N4/c1-12-6-7-13(10-18-16(2,3)4)14(8-12)9-15-17-11-19-20(15)5/h11-14,18H,6-10H2,1-5H3. The van der Waals surface area contributed by atoms with Crippen LogP contribution in [-0.2, 0) is 13.5 Å². The van der Waals surface area contributed by atoms with E-state index in [9.17, 15) is 0 Å². The van der Waals surface area contributed by atoms with Gasteiger partial charge in [-0.15, -0.1) is 0 Å². The van der Waals surface area contributed by atoms with E-state index in [0.717, 1.165) is 36.5 Å². The molecule has 3 unspecified atom stereocenters. The first-order chi connectivity index (χ1) is 9.35. The molecule has 20 heavy (non-hydrogen) atoms. The summed E-state index contributed by atoms with van der Waals surface area (Å²) in [6, 6.07) is 0. The summed E-state index contributed by atoms with van der Waals surface area (Å²) >= 11 is 0. The molecule has 0 aromatic carbocycles. The Bertz CT molecular complexity index is 418. The SMILES string of the molecule is CC1CCC(CNC(C)(C)C)C(Cc2ncnn2C)C1. The number of nitrogens with one attached hydrogen (secondary N) is 1. The Morgan fingerprint density at radius 1 is 1.30 bits per heavy atom. The van der Waals surface area contributed by atoms with Crippen molar-refractivity contribution in [3.63, 3.8) is 0 Å². The number of hydrogen-bond acceptors (Lipinski definition) is 3. The van der Waals surface area contributed by atoms with Crippen LogP contribution < -0.4 is 5.32 Å². The molecule has 0 saturated heterocycles. The highest BCUT2D eigenvalue weighted by molar-refractivity contribution is 4.92. The quantitative estimate of drug-likeness (QED) is 0.921. The number of nitrogens with zero attached hydrogens (tertiary/aromatic N) is 3. The van der Waals surface area contributed by atoms with Crippen molar-refractivity contribution >= 4 is 0 Å². The molecule has 1 heterocycles. The van der Waals surface area contributed by atoms with Gasteiger partial charge in [-0.3, -0.25) is 4.68 Å². The fourth-order valence-corrected chi connectivity index (χ4v) is 3.26. The zero-order chi connectivity index (χ0) is 14.8. The highest BCUT2D eigenvalue weighted by Gasteiger charge is 2.30. The fourth-order valence-electron chi connectivity index (χ4n) is 3.26. The largest absolute Gasteiger partial charge is 0.312 e. The Labute approximate surface area is 123 Å². The summed E-state index contributed by atoms with van der Waals surface area (Å²) in [4.78, 5) is 4.41. The van der Waals surface area contributed by atoms with Gasteiger partial charge < -0.3 is 5.32 Å². The van der Waals surface area contributed by atoms with Crippen LogP contribution in [0.5, 0.6) is 0 Å². The Hall–Kier alpha value is -0.900. The third-order valence-corrected chi connectivity index (χ3v) is 4.55. The van der Waals surface area contributed by atoms with E-state index in [1.54, 1.807) is 6.33 Å². The van der Waals surface area contributed by atoms with Gasteiger partial charge in [-0.1, -0.05) is 13.3 Å². The lowest BCUT2D eigenvalue weighted by molar-refractivity contribution is 0.171. The molecule has 0 amide bonds. The first-order valence-electron chi connectivity index (χ1n) is 7.93. The van der Waals surface area contributed by atoms with Crippen molar-refractivity contribution in [2.24, 2.45) is 24.8 Å². The van der Waals surface area contributed by atoms with Crippen molar-refractivity contribution in [3.05, 3.63) is 12.2 Å². The van der Waals surface area contributed by atoms with Crippen LogP contribution in [0.1, 0.15) is 52.8 Å². The van der Waals surface area contributed by atoms with E-state index < -0.39 is 0 Å². The van der Waals surface area contributed by atoms with Crippen LogP contribution in [0.25, 0.3) is 0 Å². The second-order valence-electron chi connectivity index (χ2n) is 7.57. The van der Waals surface area contributed by atoms with Crippen LogP contribution in [-0.4, -0.2) is 26.8 Å². The predicted octanol–water partition coefficient (Wildman–Crippen LogP) is 2.80. The molecule has 2 rings (SSSR count). The minimum absolute atomic E-state index is 0.207. The molecule has 3 atom stereocenters. The molecule has 1 aromatic rings. The van der Waals surface area contributed by atoms with Crippen molar-refractivity contribution in [2.45, 2.75) is 58.9 Å². The smallest absolute Gasteiger partial charge is 0.138 e. The molecule has 1 saturated carbocycles. The number of rotatable bonds is 4. The van der Waals surface area contributed by atoms with E-state index in [1.807, 2.05) is 11.7 Å². The van der Waals surface area contributed by atoms with Crippen LogP contribution in [0.15, 0.2) is 6.33 Å². The van der Waals surface area contributed by atoms with Crippen molar-refractivity contribution in [1.82, 2.24) is 20.1 Å². The van der Waals surface area contributed by atoms with Crippen LogP contribution in [0.3, 0.4) is 0 Å². The summed E-state index contributed by atoms with van der Waals surface area (Å²) < 4.78 is 1.92. The Morgan fingerprint density at radius 3 is 2.65 bits per heavy atom. The summed E-state index contributed by atoms with van der Waals surface area (Å²) in [7, 11) is 2.00. The number of aryl methyl sites for hydroxylation is 1. The van der Waals surface area contributed by atoms with E-state index in [4.69, 9.17) is 0 Å². The van der Waals surface area contributed by atoms with Crippen molar-refractivity contribution in [3.8, 4) is 0 Å². The molecule has 0 spiro atoms. The monoisotopic (exact) mass is 278 g/mol. The summed E-state index contributed by atoms with van der Waals surface area (Å²) in [5, 5.41) is 7.89. The molecule has 0 bridgehead atoms. The average molecular weight is 278 g/mol. The Kier molecular flexibility index (Phi) is 4.84. The second kappa shape index (κ2) is 6.25. The van der Waals surface area contributed by atoms with Gasteiger partial charge in [0.05, 0.1) is 0 Å². The summed E-state index contributed by atoms with van der Waals surface area (Å²) in [6.07, 6.45) is 6.77. The molecule has 0 aliphatic heterocycles. The zero-order valence-electron chi connectivity index (χ0n) is 13.7. The van der Waals surface area contributed by atoms with E-state index in [-0.39, 0.29) is 5.54 Å². The normalized spacial score (nSPS) is 27.8. The molecular formula is C16H30N4. The van der Waals surface area contributed by atoms with Crippen LogP contribution >= 0.6 is 0 Å². The van der Waals surface area contributed by atoms with Crippen LogP contribution in [0.2, 0.25) is 0 Å². The molecule has 1 aliphatic carbocycles. The summed E-state index contributed by atoms with van der Waals surface area (Å²) in [5.41, 5.74) is 0.207. The van der Waals surface area contributed by atoms with E-state index in [2.05, 4.69) is 43.1 Å². The van der Waals surface area contributed by atoms with Crippen molar-refractivity contribution in [2.75, 3.05) is 6.54 Å². The summed E-state index contributed by atoms with van der Waals surface area (Å²) in [5.74, 6) is 3.47. The third kappa shape index (κ3) is 4.30. The molecular weight excluding hydrogens is 248 g/mol. The number of hydrogen-bond donors (Lipinski definition) is 1. The summed E-state index contributed by atoms with van der Waals surface area (Å²) in [6.45, 7) is 10.2. The van der Waals surface area contributed by atoms with Crippen molar-refractivity contribution in [1.29, 1.82) is 0 Å². The molecule has 1 N–H and O–H groups in total. The predicted molar refractivity (Wildman–Crippen MR) is 82.5 cm³/mol. The maximum atomic E-state index is 4.41. The molecule has 4 nitrogen and oxygen atoms in total. The van der Waals surface area contributed by atoms with Gasteiger partial charge in [-0.05, 0) is 57.9 Å². The lowest BCUT2D eigenvalue weighted by Crippen LogP contribution is -2.42. The van der Waals surface area contributed by atoms with Gasteiger partial charge in [-0.2, -0.15) is 5.10 Å². The lowest BCUT2D eigenvalue weighted by atomic mass is 9.73. The third-order valence-electron chi connectivity index (χ3n) is 4.55. The van der Waals surface area contributed by atoms with Crippen LogP contribution in [0.4, 0.5) is 0 Å². The minimum atomic E-state index is 0.207. The van der Waals surface area contributed by atoms with Gasteiger partial charge in [0, 0.05) is 19.0 Å². The first kappa shape index (κ1) is 15.5. The minimum Gasteiger partial charge on any atom is -0.312 e. The van der Waals surface area contributed by atoms with Gasteiger partial charge in [0.1, 0.15) is 12.2 Å². The maximum absolute atomic E-state index is 4.41. The average Bonchev–Trinajstić information content (AvgIpc) is 2.73. The molecule has 4 heteroatoms. The maximum Gasteiger partial charge on any atom is 0.138 e. The van der Waals surface area contributed by atoms with Gasteiger partial charge >= 0.3 is 0 Å². The molecule has 1 aliphatic rings. The Morgan fingerprint density at radius 2 is 2.05 bits per heavy atom. The molecule has 0 radical (unpaired) electrons.